The number of hydrogen-bond acceptors (Lipinski definition) is 12. The molecule has 4 heterocycles. The maximum Gasteiger partial charge on any atom is 0.494 e. The number of fused-ring (bicyclic) bond motifs is 1. The predicted molar refractivity (Wildman–Crippen MR) is 206 cm³/mol. The molecule has 2 aliphatic heterocycles. The summed E-state index contributed by atoms with van der Waals surface area (Å²) in [6, 6.07) is 15.7. The van der Waals surface area contributed by atoms with Crippen molar-refractivity contribution in [3.63, 3.8) is 0 Å². The van der Waals surface area contributed by atoms with Gasteiger partial charge in [-0.1, -0.05) is 24.3 Å². The fourth-order valence-electron chi connectivity index (χ4n) is 5.83. The highest BCUT2D eigenvalue weighted by molar-refractivity contribution is 6.62. The van der Waals surface area contributed by atoms with Gasteiger partial charge in [-0.25, -0.2) is 15.0 Å². The number of ether oxygens (including phenoxy) is 3. The summed E-state index contributed by atoms with van der Waals surface area (Å²) in [4.78, 5) is 13.5. The summed E-state index contributed by atoms with van der Waals surface area (Å²) in [5, 5.41) is 24.3. The van der Waals surface area contributed by atoms with Crippen molar-refractivity contribution in [3.8, 4) is 22.8 Å². The molecule has 2 aliphatic rings. The molecule has 0 saturated carbocycles. The second kappa shape index (κ2) is 18.5. The lowest BCUT2D eigenvalue weighted by molar-refractivity contribution is -0.0298. The molecule has 4 aromatic rings. The van der Waals surface area contributed by atoms with E-state index in [9.17, 15) is 5.02 Å². The van der Waals surface area contributed by atoms with E-state index in [2.05, 4.69) is 25.4 Å². The van der Waals surface area contributed by atoms with E-state index in [1.54, 1.807) is 26.3 Å². The predicted octanol–water partition coefficient (Wildman–Crippen LogP) is 4.12. The summed E-state index contributed by atoms with van der Waals surface area (Å²) in [5.41, 5.74) is 3.54. The Balaban J connectivity index is 0.000000207. The standard InChI is InChI=1S/C20H26BN5O3.C16H27B2NO4/c1-21(27)25-9-5-11-28-16-7-4-6-15(12-16)18-19-20(23-13-22-18)26(14-24-19)17-8-2-3-10-29-17;1-15(2)16(3,4)23-18(22-15)13-8-6-9-14(12-13)21-11-7-10-19-17(5)20/h4,6-7,12-14,17,25,27H,2-3,5,8-11H2,1H3;6,8-9,12,19-20H,7,10-11H2,1-5H3. The fraction of sp³-hybridized carbons (Fsp3) is 0.528. The Morgan fingerprint density at radius 2 is 1.50 bits per heavy atom. The topological polar surface area (TPSA) is 154 Å². The van der Waals surface area contributed by atoms with Crippen LogP contribution in [0.5, 0.6) is 11.5 Å². The molecule has 0 spiro atoms. The van der Waals surface area contributed by atoms with Crippen molar-refractivity contribution in [1.82, 2.24) is 30.0 Å². The minimum Gasteiger partial charge on any atom is -0.494 e. The molecule has 1 atom stereocenters. The third kappa shape index (κ3) is 10.8. The molecule has 2 saturated heterocycles. The average Bonchev–Trinajstić information content (AvgIpc) is 3.65. The summed E-state index contributed by atoms with van der Waals surface area (Å²) < 4.78 is 31.6. The number of hydrogen-bond donors (Lipinski definition) is 4. The highest BCUT2D eigenvalue weighted by Crippen LogP contribution is 2.36. The molecule has 0 aliphatic carbocycles. The molecule has 6 rings (SSSR count). The van der Waals surface area contributed by atoms with Gasteiger partial charge in [-0.05, 0) is 116 Å². The van der Waals surface area contributed by atoms with Crippen LogP contribution in [0.1, 0.15) is 66.0 Å². The van der Waals surface area contributed by atoms with Crippen LogP contribution in [0.2, 0.25) is 13.6 Å². The number of benzene rings is 2. The van der Waals surface area contributed by atoms with Crippen molar-refractivity contribution in [1.29, 1.82) is 0 Å². The van der Waals surface area contributed by atoms with Gasteiger partial charge in [0, 0.05) is 12.2 Å². The Morgan fingerprint density at radius 3 is 2.12 bits per heavy atom. The van der Waals surface area contributed by atoms with E-state index in [1.165, 1.54) is 0 Å². The summed E-state index contributed by atoms with van der Waals surface area (Å²) in [6.45, 7) is 14.9. The van der Waals surface area contributed by atoms with E-state index in [1.807, 2.05) is 80.8 Å². The molecular formula is C36H53B3N6O7. The van der Waals surface area contributed by atoms with Crippen LogP contribution in [0.15, 0.2) is 61.2 Å². The van der Waals surface area contributed by atoms with Gasteiger partial charge >= 0.3 is 21.2 Å². The first-order valence-electron chi connectivity index (χ1n) is 18.4. The van der Waals surface area contributed by atoms with Gasteiger partial charge in [-0.2, -0.15) is 0 Å². The van der Waals surface area contributed by atoms with Crippen molar-refractivity contribution in [2.75, 3.05) is 32.9 Å². The van der Waals surface area contributed by atoms with E-state index >= 15 is 0 Å². The highest BCUT2D eigenvalue weighted by Gasteiger charge is 2.51. The summed E-state index contributed by atoms with van der Waals surface area (Å²) >= 11 is 0. The molecule has 16 heteroatoms. The first kappa shape index (κ1) is 39.7. The lowest BCUT2D eigenvalue weighted by atomic mass is 9.79. The van der Waals surface area contributed by atoms with Crippen molar-refractivity contribution < 1.29 is 33.6 Å². The van der Waals surface area contributed by atoms with Crippen LogP contribution < -0.4 is 25.4 Å². The molecule has 0 amide bonds. The number of nitrogens with one attached hydrogen (secondary N) is 2. The first-order chi connectivity index (χ1) is 24.9. The molecule has 52 heavy (non-hydrogen) atoms. The van der Waals surface area contributed by atoms with E-state index in [-0.39, 0.29) is 24.5 Å². The number of aromatic nitrogens is 4. The zero-order valence-corrected chi connectivity index (χ0v) is 31.4. The van der Waals surface area contributed by atoms with Crippen molar-refractivity contribution in [2.24, 2.45) is 0 Å². The monoisotopic (exact) mass is 714 g/mol. The first-order valence-corrected chi connectivity index (χ1v) is 18.4. The molecule has 13 nitrogen and oxygen atoms in total. The quantitative estimate of drug-likeness (QED) is 0.104. The van der Waals surface area contributed by atoms with E-state index < -0.39 is 14.1 Å². The Morgan fingerprint density at radius 1 is 0.865 bits per heavy atom. The molecule has 4 N–H and O–H groups in total. The summed E-state index contributed by atoms with van der Waals surface area (Å²) in [6.07, 6.45) is 8.21. The molecule has 0 radical (unpaired) electrons. The molecule has 2 aromatic heterocycles. The van der Waals surface area contributed by atoms with Gasteiger partial charge < -0.3 is 44.0 Å². The normalized spacial score (nSPS) is 17.8. The third-order valence-corrected chi connectivity index (χ3v) is 9.37. The maximum absolute atomic E-state index is 9.22. The van der Waals surface area contributed by atoms with Crippen molar-refractivity contribution in [2.45, 2.75) is 90.9 Å². The zero-order valence-electron chi connectivity index (χ0n) is 31.4. The van der Waals surface area contributed by atoms with Gasteiger partial charge in [0.2, 0.25) is 0 Å². The summed E-state index contributed by atoms with van der Waals surface area (Å²) in [5.74, 6) is 1.58. The lowest BCUT2D eigenvalue weighted by Crippen LogP contribution is -2.41. The molecule has 2 aromatic carbocycles. The largest absolute Gasteiger partial charge is 0.494 e. The minimum atomic E-state index is -0.502. The Kier molecular flexibility index (Phi) is 14.1. The molecule has 1 unspecified atom stereocenters. The van der Waals surface area contributed by atoms with Crippen LogP contribution in [0.25, 0.3) is 22.4 Å². The van der Waals surface area contributed by atoms with Gasteiger partial charge in [0.15, 0.2) is 5.65 Å². The van der Waals surface area contributed by atoms with E-state index in [0.29, 0.717) is 26.3 Å². The highest BCUT2D eigenvalue weighted by atomic mass is 16.7. The number of rotatable bonds is 15. The van der Waals surface area contributed by atoms with Crippen LogP contribution in [0.4, 0.5) is 0 Å². The van der Waals surface area contributed by atoms with Crippen LogP contribution in [0, 0.1) is 0 Å². The van der Waals surface area contributed by atoms with Gasteiger partial charge in [-0.3, -0.25) is 4.57 Å². The second-order valence-electron chi connectivity index (χ2n) is 14.2. The maximum atomic E-state index is 9.22. The summed E-state index contributed by atoms with van der Waals surface area (Å²) in [7, 11) is -1.36. The van der Waals surface area contributed by atoms with Gasteiger partial charge in [0.1, 0.15) is 35.3 Å². The Labute approximate surface area is 308 Å². The van der Waals surface area contributed by atoms with E-state index in [4.69, 9.17) is 28.5 Å². The average molecular weight is 714 g/mol. The zero-order chi connectivity index (χ0) is 37.1. The molecular weight excluding hydrogens is 661 g/mol. The van der Waals surface area contributed by atoms with Crippen LogP contribution in [-0.2, 0) is 14.0 Å². The smallest absolute Gasteiger partial charge is 0.494 e. The SMILES string of the molecule is CB(O)NCCCOc1cccc(-c2ncnc3c2ncn3C2CCCCO2)c1.CB(O)NCCCOc1cccc(B2OC(C)(C)C(C)(C)O2)c1. The van der Waals surface area contributed by atoms with Gasteiger partial charge in [0.05, 0.1) is 30.7 Å². The molecule has 2 fully saturated rings. The van der Waals surface area contributed by atoms with Crippen LogP contribution in [-0.4, -0.2) is 94.9 Å². The van der Waals surface area contributed by atoms with Crippen molar-refractivity contribution in [3.05, 3.63) is 61.2 Å². The number of imidazole rings is 1. The molecule has 0 bridgehead atoms. The minimum absolute atomic E-state index is 0.0126. The van der Waals surface area contributed by atoms with Crippen LogP contribution >= 0.6 is 0 Å². The van der Waals surface area contributed by atoms with Gasteiger partial charge in [-0.15, -0.1) is 0 Å². The fourth-order valence-corrected chi connectivity index (χ4v) is 5.83. The second-order valence-corrected chi connectivity index (χ2v) is 14.2. The number of nitrogens with zero attached hydrogens (tertiary/aromatic N) is 4. The lowest BCUT2D eigenvalue weighted by Gasteiger charge is -2.32. The third-order valence-electron chi connectivity index (χ3n) is 9.37. The van der Waals surface area contributed by atoms with E-state index in [0.717, 1.165) is 78.1 Å². The molecule has 278 valence electrons. The van der Waals surface area contributed by atoms with Crippen LogP contribution in [0.3, 0.4) is 0 Å². The Hall–Kier alpha value is -3.50. The van der Waals surface area contributed by atoms with Gasteiger partial charge in [0.25, 0.3) is 0 Å². The van der Waals surface area contributed by atoms with Crippen molar-refractivity contribution >= 4 is 37.8 Å². The Bertz CT molecular complexity index is 1690.